The van der Waals surface area contributed by atoms with Crippen molar-refractivity contribution < 1.29 is 4.42 Å². The predicted molar refractivity (Wildman–Crippen MR) is 81.7 cm³/mol. The number of aromatic nitrogens is 1. The molecule has 0 bridgehead atoms. The lowest BCUT2D eigenvalue weighted by atomic mass is 10.2. The summed E-state index contributed by atoms with van der Waals surface area (Å²) in [7, 11) is 2.02. The fourth-order valence-corrected chi connectivity index (χ4v) is 2.18. The molecule has 0 aliphatic carbocycles. The van der Waals surface area contributed by atoms with E-state index >= 15 is 0 Å². The number of nitrogens with two attached hydrogens (primary N) is 1. The van der Waals surface area contributed by atoms with Gasteiger partial charge in [0, 0.05) is 12.7 Å². The standard InChI is InChI=1S/C16H17N3O/c1-11-6-8-12(9-7-11)19(2)10-15-18-16-13(17)4-3-5-14(16)20-15/h3-9H,10,17H2,1-2H3. The van der Waals surface area contributed by atoms with E-state index in [4.69, 9.17) is 10.2 Å². The summed E-state index contributed by atoms with van der Waals surface area (Å²) in [4.78, 5) is 6.56. The number of nitrogen functional groups attached to an aromatic ring is 1. The Labute approximate surface area is 117 Å². The average Bonchev–Trinajstić information content (AvgIpc) is 2.83. The SMILES string of the molecule is Cc1ccc(N(C)Cc2nc3c(N)cccc3o2)cc1. The quantitative estimate of drug-likeness (QED) is 0.739. The molecule has 0 saturated heterocycles. The van der Waals surface area contributed by atoms with Gasteiger partial charge in [-0.15, -0.1) is 0 Å². The van der Waals surface area contributed by atoms with Gasteiger partial charge in [-0.1, -0.05) is 23.8 Å². The van der Waals surface area contributed by atoms with E-state index in [0.29, 0.717) is 18.1 Å². The van der Waals surface area contributed by atoms with Crippen molar-refractivity contribution in [3.63, 3.8) is 0 Å². The van der Waals surface area contributed by atoms with E-state index in [1.165, 1.54) is 5.56 Å². The van der Waals surface area contributed by atoms with Gasteiger partial charge in [0.1, 0.15) is 5.52 Å². The number of para-hydroxylation sites is 1. The number of hydrogen-bond acceptors (Lipinski definition) is 4. The smallest absolute Gasteiger partial charge is 0.215 e. The van der Waals surface area contributed by atoms with Gasteiger partial charge in [-0.3, -0.25) is 0 Å². The summed E-state index contributed by atoms with van der Waals surface area (Å²) >= 11 is 0. The van der Waals surface area contributed by atoms with Crippen molar-refractivity contribution in [2.75, 3.05) is 17.7 Å². The molecule has 2 aromatic carbocycles. The number of rotatable bonds is 3. The minimum atomic E-state index is 0.608. The highest BCUT2D eigenvalue weighted by molar-refractivity contribution is 5.85. The van der Waals surface area contributed by atoms with Crippen molar-refractivity contribution in [3.05, 3.63) is 53.9 Å². The van der Waals surface area contributed by atoms with Gasteiger partial charge in [0.2, 0.25) is 5.89 Å². The third kappa shape index (κ3) is 2.32. The number of nitrogens with zero attached hydrogens (tertiary/aromatic N) is 2. The highest BCUT2D eigenvalue weighted by Gasteiger charge is 2.10. The van der Waals surface area contributed by atoms with Gasteiger partial charge in [-0.2, -0.15) is 0 Å². The Bertz CT molecular complexity index is 731. The Hall–Kier alpha value is -2.49. The number of fused-ring (bicyclic) bond motifs is 1. The second-order valence-corrected chi connectivity index (χ2v) is 4.99. The Morgan fingerprint density at radius 1 is 1.15 bits per heavy atom. The summed E-state index contributed by atoms with van der Waals surface area (Å²) in [5.41, 5.74) is 10.4. The van der Waals surface area contributed by atoms with E-state index in [1.54, 1.807) is 0 Å². The Morgan fingerprint density at radius 3 is 2.60 bits per heavy atom. The van der Waals surface area contributed by atoms with Crippen molar-refractivity contribution in [2.45, 2.75) is 13.5 Å². The molecule has 0 unspecified atom stereocenters. The molecule has 0 fully saturated rings. The summed E-state index contributed by atoms with van der Waals surface area (Å²) in [5.74, 6) is 0.668. The van der Waals surface area contributed by atoms with Crippen LogP contribution in [-0.4, -0.2) is 12.0 Å². The third-order valence-electron chi connectivity index (χ3n) is 3.34. The molecular formula is C16H17N3O. The Morgan fingerprint density at radius 2 is 1.90 bits per heavy atom. The number of hydrogen-bond donors (Lipinski definition) is 1. The van der Waals surface area contributed by atoms with E-state index in [2.05, 4.69) is 41.1 Å². The minimum absolute atomic E-state index is 0.608. The van der Waals surface area contributed by atoms with Gasteiger partial charge in [-0.25, -0.2) is 4.98 Å². The molecule has 0 aliphatic heterocycles. The summed E-state index contributed by atoms with van der Waals surface area (Å²) < 4.78 is 5.73. The van der Waals surface area contributed by atoms with Crippen LogP contribution in [0, 0.1) is 6.92 Å². The normalized spacial score (nSPS) is 10.9. The molecule has 3 rings (SSSR count). The molecule has 4 nitrogen and oxygen atoms in total. The van der Waals surface area contributed by atoms with E-state index < -0.39 is 0 Å². The maximum Gasteiger partial charge on any atom is 0.215 e. The van der Waals surface area contributed by atoms with Crippen LogP contribution in [0.15, 0.2) is 46.9 Å². The third-order valence-corrected chi connectivity index (χ3v) is 3.34. The van der Waals surface area contributed by atoms with E-state index in [0.717, 1.165) is 16.8 Å². The van der Waals surface area contributed by atoms with Crippen molar-refractivity contribution in [1.82, 2.24) is 4.98 Å². The van der Waals surface area contributed by atoms with Crippen molar-refractivity contribution in [2.24, 2.45) is 0 Å². The van der Waals surface area contributed by atoms with Crippen LogP contribution >= 0.6 is 0 Å². The van der Waals surface area contributed by atoms with Gasteiger partial charge in [-0.05, 0) is 31.2 Å². The largest absolute Gasteiger partial charge is 0.439 e. The second-order valence-electron chi connectivity index (χ2n) is 4.99. The molecule has 0 saturated carbocycles. The summed E-state index contributed by atoms with van der Waals surface area (Å²) in [6.07, 6.45) is 0. The van der Waals surface area contributed by atoms with Crippen molar-refractivity contribution in [3.8, 4) is 0 Å². The average molecular weight is 267 g/mol. The molecule has 0 radical (unpaired) electrons. The fourth-order valence-electron chi connectivity index (χ4n) is 2.18. The van der Waals surface area contributed by atoms with Crippen LogP contribution in [0.2, 0.25) is 0 Å². The van der Waals surface area contributed by atoms with Crippen LogP contribution in [0.1, 0.15) is 11.5 Å². The monoisotopic (exact) mass is 267 g/mol. The first-order chi connectivity index (χ1) is 9.63. The lowest BCUT2D eigenvalue weighted by Gasteiger charge is -2.17. The molecule has 4 heteroatoms. The van der Waals surface area contributed by atoms with Crippen LogP contribution in [-0.2, 0) is 6.54 Å². The molecule has 0 aliphatic rings. The topological polar surface area (TPSA) is 55.3 Å². The summed E-state index contributed by atoms with van der Waals surface area (Å²) in [6.45, 7) is 2.69. The molecule has 1 aromatic heterocycles. The highest BCUT2D eigenvalue weighted by atomic mass is 16.3. The molecule has 2 N–H and O–H groups in total. The van der Waals surface area contributed by atoms with Crippen LogP contribution in [0.3, 0.4) is 0 Å². The molecule has 0 atom stereocenters. The number of oxazole rings is 1. The number of anilines is 2. The zero-order valence-corrected chi connectivity index (χ0v) is 11.6. The van der Waals surface area contributed by atoms with E-state index in [-0.39, 0.29) is 0 Å². The molecular weight excluding hydrogens is 250 g/mol. The van der Waals surface area contributed by atoms with Gasteiger partial charge >= 0.3 is 0 Å². The van der Waals surface area contributed by atoms with Crippen LogP contribution in [0.4, 0.5) is 11.4 Å². The zero-order valence-electron chi connectivity index (χ0n) is 11.6. The molecule has 102 valence electrons. The lowest BCUT2D eigenvalue weighted by Crippen LogP contribution is -2.16. The van der Waals surface area contributed by atoms with Gasteiger partial charge < -0.3 is 15.1 Å². The van der Waals surface area contributed by atoms with E-state index in [1.807, 2.05) is 25.2 Å². The zero-order chi connectivity index (χ0) is 14.1. The van der Waals surface area contributed by atoms with Crippen LogP contribution < -0.4 is 10.6 Å². The first-order valence-electron chi connectivity index (χ1n) is 6.55. The molecule has 0 amide bonds. The lowest BCUT2D eigenvalue weighted by molar-refractivity contribution is 0.527. The van der Waals surface area contributed by atoms with Gasteiger partial charge in [0.15, 0.2) is 5.58 Å². The maximum absolute atomic E-state index is 5.89. The van der Waals surface area contributed by atoms with Gasteiger partial charge in [0.05, 0.1) is 12.2 Å². The maximum atomic E-state index is 5.89. The Kier molecular flexibility index (Phi) is 3.06. The first kappa shape index (κ1) is 12.5. The Balaban J connectivity index is 1.85. The summed E-state index contributed by atoms with van der Waals surface area (Å²) in [5, 5.41) is 0. The van der Waals surface area contributed by atoms with Crippen LogP contribution in [0.25, 0.3) is 11.1 Å². The first-order valence-corrected chi connectivity index (χ1v) is 6.55. The number of benzene rings is 2. The van der Waals surface area contributed by atoms with E-state index in [9.17, 15) is 0 Å². The predicted octanol–water partition coefficient (Wildman–Crippen LogP) is 3.35. The number of aryl methyl sites for hydroxylation is 1. The van der Waals surface area contributed by atoms with Crippen molar-refractivity contribution >= 4 is 22.5 Å². The van der Waals surface area contributed by atoms with Crippen molar-refractivity contribution in [1.29, 1.82) is 0 Å². The minimum Gasteiger partial charge on any atom is -0.439 e. The molecule has 20 heavy (non-hydrogen) atoms. The van der Waals surface area contributed by atoms with Crippen LogP contribution in [0.5, 0.6) is 0 Å². The molecule has 3 aromatic rings. The fraction of sp³-hybridized carbons (Fsp3) is 0.188. The summed E-state index contributed by atoms with van der Waals surface area (Å²) in [6, 6.07) is 14.0. The molecule has 0 spiro atoms. The highest BCUT2D eigenvalue weighted by Crippen LogP contribution is 2.23. The second kappa shape index (κ2) is 4.89. The van der Waals surface area contributed by atoms with Gasteiger partial charge in [0.25, 0.3) is 0 Å². The molecule has 1 heterocycles.